The molecule has 2 atom stereocenters. The third-order valence-electron chi connectivity index (χ3n) is 6.12. The quantitative estimate of drug-likeness (QED) is 0.395. The summed E-state index contributed by atoms with van der Waals surface area (Å²) >= 11 is 0. The Morgan fingerprint density at radius 3 is 2.44 bits per heavy atom. The van der Waals surface area contributed by atoms with Crippen LogP contribution in [0.3, 0.4) is 0 Å². The number of alkyl halides is 4. The number of nitrogens with zero attached hydrogens (tertiary/aromatic N) is 5. The summed E-state index contributed by atoms with van der Waals surface area (Å²) in [4.78, 5) is 11.4. The van der Waals surface area contributed by atoms with Gasteiger partial charge >= 0.3 is 6.18 Å². The van der Waals surface area contributed by atoms with Gasteiger partial charge in [0, 0.05) is 32.0 Å². The predicted molar refractivity (Wildman–Crippen MR) is 130 cm³/mol. The van der Waals surface area contributed by atoms with Gasteiger partial charge in [-0.2, -0.15) is 17.5 Å². The van der Waals surface area contributed by atoms with E-state index in [1.807, 2.05) is 6.92 Å². The molecule has 0 radical (unpaired) electrons. The van der Waals surface area contributed by atoms with Gasteiger partial charge in [-0.05, 0) is 30.7 Å². The van der Waals surface area contributed by atoms with Crippen LogP contribution in [-0.4, -0.2) is 70.3 Å². The van der Waals surface area contributed by atoms with Crippen LogP contribution in [0.1, 0.15) is 24.5 Å². The Morgan fingerprint density at radius 2 is 1.85 bits per heavy atom. The molecule has 0 aliphatic carbocycles. The lowest BCUT2D eigenvalue weighted by atomic mass is 10.1. The van der Waals surface area contributed by atoms with Crippen LogP contribution in [0.4, 0.5) is 32.3 Å². The Bertz CT molecular complexity index is 1420. The Kier molecular flexibility index (Phi) is 8.18. The molecule has 16 heteroatoms. The first-order chi connectivity index (χ1) is 18.3. The van der Waals surface area contributed by atoms with Crippen molar-refractivity contribution in [2.75, 3.05) is 31.2 Å². The van der Waals surface area contributed by atoms with Gasteiger partial charge in [0.1, 0.15) is 35.1 Å². The molecule has 39 heavy (non-hydrogen) atoms. The largest absolute Gasteiger partial charge is 0.420 e. The van der Waals surface area contributed by atoms with Crippen molar-refractivity contribution in [1.29, 1.82) is 0 Å². The minimum absolute atomic E-state index is 0.000751. The van der Waals surface area contributed by atoms with Crippen molar-refractivity contribution in [2.24, 2.45) is 0 Å². The number of rotatable bonds is 8. The maximum atomic E-state index is 14.8. The number of sulfonamides is 1. The zero-order valence-electron chi connectivity index (χ0n) is 20.8. The number of imidazole rings is 1. The number of halogens is 6. The van der Waals surface area contributed by atoms with E-state index >= 15 is 0 Å². The molecule has 9 nitrogen and oxygen atoms in total. The number of anilines is 1. The molecular weight excluding hydrogens is 552 g/mol. The molecule has 0 unspecified atom stereocenters. The molecule has 1 saturated heterocycles. The third-order valence-corrected chi connectivity index (χ3v) is 7.39. The van der Waals surface area contributed by atoms with E-state index in [1.165, 1.54) is 0 Å². The maximum Gasteiger partial charge on any atom is 0.420 e. The molecule has 3 aromatic rings. The van der Waals surface area contributed by atoms with Crippen LogP contribution in [0.2, 0.25) is 0 Å². The highest BCUT2D eigenvalue weighted by Gasteiger charge is 2.37. The van der Waals surface area contributed by atoms with E-state index in [-0.39, 0.29) is 31.2 Å². The fraction of sp³-hybridized carbons (Fsp3) is 0.435. The second kappa shape index (κ2) is 11.1. The first-order valence-corrected chi connectivity index (χ1v) is 13.7. The summed E-state index contributed by atoms with van der Waals surface area (Å²) in [6.45, 7) is 2.20. The zero-order valence-corrected chi connectivity index (χ0v) is 21.6. The second-order valence-electron chi connectivity index (χ2n) is 8.98. The second-order valence-corrected chi connectivity index (χ2v) is 11.0. The SMILES string of the molecule is CCNCc1cc(F)c(-n2cnc(-c3nc(N[C@H]4CCN(S(C)(=O)=O)C[C@H]4F)ncc3C(F)(F)F)c2)c(F)c1. The summed E-state index contributed by atoms with van der Waals surface area (Å²) in [6.07, 6.45) is -3.16. The summed E-state index contributed by atoms with van der Waals surface area (Å²) in [6, 6.07) is 1.25. The van der Waals surface area contributed by atoms with Gasteiger partial charge in [0.2, 0.25) is 16.0 Å². The number of hydrogen-bond donors (Lipinski definition) is 2. The number of nitrogens with one attached hydrogen (secondary N) is 2. The normalized spacial score (nSPS) is 18.9. The summed E-state index contributed by atoms with van der Waals surface area (Å²) in [7, 11) is -3.61. The molecule has 2 N–H and O–H groups in total. The van der Waals surface area contributed by atoms with Crippen LogP contribution >= 0.6 is 0 Å². The molecular formula is C23H25F6N7O2S. The molecule has 0 amide bonds. The van der Waals surface area contributed by atoms with Crippen LogP contribution in [0, 0.1) is 11.6 Å². The molecule has 0 spiro atoms. The van der Waals surface area contributed by atoms with E-state index in [9.17, 15) is 34.8 Å². The van der Waals surface area contributed by atoms with E-state index < -0.39 is 63.5 Å². The van der Waals surface area contributed by atoms with Gasteiger partial charge in [-0.15, -0.1) is 0 Å². The van der Waals surface area contributed by atoms with Gasteiger partial charge < -0.3 is 15.2 Å². The molecule has 1 fully saturated rings. The van der Waals surface area contributed by atoms with Crippen LogP contribution in [0.25, 0.3) is 17.1 Å². The van der Waals surface area contributed by atoms with E-state index in [1.54, 1.807) is 0 Å². The molecule has 2 aromatic heterocycles. The molecule has 212 valence electrons. The zero-order chi connectivity index (χ0) is 28.5. The maximum absolute atomic E-state index is 14.8. The number of benzene rings is 1. The number of aromatic nitrogens is 4. The van der Waals surface area contributed by atoms with Gasteiger partial charge in [-0.3, -0.25) is 0 Å². The Labute approximate surface area is 220 Å². The molecule has 0 bridgehead atoms. The van der Waals surface area contributed by atoms with Crippen molar-refractivity contribution in [3.05, 3.63) is 53.6 Å². The fourth-order valence-corrected chi connectivity index (χ4v) is 5.01. The van der Waals surface area contributed by atoms with Gasteiger partial charge in [0.15, 0.2) is 11.6 Å². The van der Waals surface area contributed by atoms with Crippen LogP contribution < -0.4 is 10.6 Å². The average molecular weight is 578 g/mol. The standard InChI is InChI=1S/C23H25F6N7O2S/c1-3-30-8-13-6-15(24)21(16(25)7-13)35-11-19(32-12-35)20-14(23(27,28)29)9-31-22(34-20)33-18-4-5-36(10-17(18)26)39(2,37)38/h6-7,9,11-12,17-18,30H,3-5,8,10H2,1-2H3,(H,31,33,34)/t17-,18+/m1/s1. The average Bonchev–Trinajstić information content (AvgIpc) is 3.32. The first-order valence-electron chi connectivity index (χ1n) is 11.8. The Morgan fingerprint density at radius 1 is 1.15 bits per heavy atom. The highest BCUT2D eigenvalue weighted by Crippen LogP contribution is 2.36. The van der Waals surface area contributed by atoms with E-state index in [2.05, 4.69) is 25.6 Å². The molecule has 1 aromatic carbocycles. The van der Waals surface area contributed by atoms with Gasteiger partial charge in [-0.1, -0.05) is 6.92 Å². The molecule has 1 aliphatic rings. The van der Waals surface area contributed by atoms with Crippen molar-refractivity contribution in [2.45, 2.75) is 38.3 Å². The molecule has 4 rings (SSSR count). The third kappa shape index (κ3) is 6.50. The Balaban J connectivity index is 1.64. The van der Waals surface area contributed by atoms with E-state index in [0.29, 0.717) is 18.3 Å². The summed E-state index contributed by atoms with van der Waals surface area (Å²) in [5, 5.41) is 5.56. The molecule has 1 aliphatic heterocycles. The highest BCUT2D eigenvalue weighted by molar-refractivity contribution is 7.88. The lowest BCUT2D eigenvalue weighted by Gasteiger charge is -2.33. The van der Waals surface area contributed by atoms with Crippen LogP contribution in [0.5, 0.6) is 0 Å². The minimum atomic E-state index is -4.90. The summed E-state index contributed by atoms with van der Waals surface area (Å²) in [5.74, 6) is -2.23. The lowest BCUT2D eigenvalue weighted by molar-refractivity contribution is -0.137. The topological polar surface area (TPSA) is 105 Å². The highest BCUT2D eigenvalue weighted by atomic mass is 32.2. The van der Waals surface area contributed by atoms with Crippen LogP contribution in [0.15, 0.2) is 30.9 Å². The van der Waals surface area contributed by atoms with Crippen molar-refractivity contribution in [3.8, 4) is 17.1 Å². The van der Waals surface area contributed by atoms with E-state index in [0.717, 1.165) is 39.8 Å². The monoisotopic (exact) mass is 577 g/mol. The summed E-state index contributed by atoms with van der Waals surface area (Å²) < 4.78 is 111. The predicted octanol–water partition coefficient (Wildman–Crippen LogP) is 3.52. The molecule has 3 heterocycles. The van der Waals surface area contributed by atoms with E-state index in [4.69, 9.17) is 0 Å². The van der Waals surface area contributed by atoms with Gasteiger partial charge in [0.25, 0.3) is 0 Å². The number of piperidine rings is 1. The van der Waals surface area contributed by atoms with Crippen molar-refractivity contribution < 1.29 is 34.8 Å². The van der Waals surface area contributed by atoms with Crippen molar-refractivity contribution >= 4 is 16.0 Å². The molecule has 0 saturated carbocycles. The smallest absolute Gasteiger partial charge is 0.348 e. The van der Waals surface area contributed by atoms with Crippen molar-refractivity contribution in [1.82, 2.24) is 29.1 Å². The lowest BCUT2D eigenvalue weighted by Crippen LogP contribution is -2.49. The Hall–Kier alpha value is -3.24. The van der Waals surface area contributed by atoms with Crippen molar-refractivity contribution in [3.63, 3.8) is 0 Å². The number of hydrogen-bond acceptors (Lipinski definition) is 7. The van der Waals surface area contributed by atoms with Gasteiger partial charge in [-0.25, -0.2) is 36.5 Å². The van der Waals surface area contributed by atoms with Crippen LogP contribution in [-0.2, 0) is 22.7 Å². The fourth-order valence-electron chi connectivity index (χ4n) is 4.16. The minimum Gasteiger partial charge on any atom is -0.348 e. The summed E-state index contributed by atoms with van der Waals surface area (Å²) in [5.41, 5.74) is -2.49. The van der Waals surface area contributed by atoms with Gasteiger partial charge in [0.05, 0.1) is 12.3 Å². The first kappa shape index (κ1) is 28.8.